The summed E-state index contributed by atoms with van der Waals surface area (Å²) in [6.45, 7) is 3.46. The number of nitrogens with one attached hydrogen (secondary N) is 1. The predicted octanol–water partition coefficient (Wildman–Crippen LogP) is 2.42. The number of rotatable bonds is 2. The van der Waals surface area contributed by atoms with Gasteiger partial charge < -0.3 is 16.0 Å². The normalized spacial score (nSPS) is 18.2. The largest absolute Gasteiger partial charge is 0.328 e. The number of amides is 2. The van der Waals surface area contributed by atoms with Crippen LogP contribution in [0.15, 0.2) is 24.3 Å². The van der Waals surface area contributed by atoms with Gasteiger partial charge in [0.1, 0.15) is 5.82 Å². The third-order valence-corrected chi connectivity index (χ3v) is 3.67. The molecule has 1 saturated heterocycles. The first-order chi connectivity index (χ1) is 9.06. The number of nitrogens with two attached hydrogens (primary N) is 1. The van der Waals surface area contributed by atoms with Crippen molar-refractivity contribution in [2.75, 3.05) is 18.4 Å². The minimum absolute atomic E-state index is 0.130. The van der Waals surface area contributed by atoms with E-state index in [2.05, 4.69) is 5.32 Å². The van der Waals surface area contributed by atoms with Crippen LogP contribution in [0.1, 0.15) is 19.8 Å². The van der Waals surface area contributed by atoms with Crippen LogP contribution >= 0.6 is 0 Å². The highest BCUT2D eigenvalue weighted by Crippen LogP contribution is 2.20. The number of carbonyl (C=O) groups is 1. The summed E-state index contributed by atoms with van der Waals surface area (Å²) in [5.74, 6) is 0.186. The summed E-state index contributed by atoms with van der Waals surface area (Å²) in [4.78, 5) is 13.8. The molecule has 19 heavy (non-hydrogen) atoms. The van der Waals surface area contributed by atoms with E-state index < -0.39 is 0 Å². The number of piperidine rings is 1. The number of benzene rings is 1. The van der Waals surface area contributed by atoms with Crippen molar-refractivity contribution in [1.82, 2.24) is 4.90 Å². The number of hydrogen-bond acceptors (Lipinski definition) is 2. The van der Waals surface area contributed by atoms with E-state index in [1.54, 1.807) is 17.0 Å². The molecule has 1 unspecified atom stereocenters. The Balaban J connectivity index is 1.86. The zero-order valence-electron chi connectivity index (χ0n) is 11.1. The second kappa shape index (κ2) is 6.02. The van der Waals surface area contributed by atoms with Gasteiger partial charge in [-0.05, 0) is 49.9 Å². The fourth-order valence-corrected chi connectivity index (χ4v) is 2.36. The molecule has 0 radical (unpaired) electrons. The Morgan fingerprint density at radius 3 is 2.47 bits per heavy atom. The Hall–Kier alpha value is -1.62. The lowest BCUT2D eigenvalue weighted by Crippen LogP contribution is -2.44. The van der Waals surface area contributed by atoms with Crippen LogP contribution in [0.4, 0.5) is 14.9 Å². The van der Waals surface area contributed by atoms with Crippen LogP contribution in [0.5, 0.6) is 0 Å². The Morgan fingerprint density at radius 2 is 1.95 bits per heavy atom. The second-order valence-corrected chi connectivity index (χ2v) is 5.12. The van der Waals surface area contributed by atoms with E-state index in [1.807, 2.05) is 6.92 Å². The van der Waals surface area contributed by atoms with Crippen molar-refractivity contribution >= 4 is 11.7 Å². The summed E-state index contributed by atoms with van der Waals surface area (Å²) in [6, 6.07) is 5.83. The van der Waals surface area contributed by atoms with Gasteiger partial charge >= 0.3 is 6.03 Å². The number of nitrogens with zero attached hydrogens (tertiary/aromatic N) is 1. The highest BCUT2D eigenvalue weighted by atomic mass is 19.1. The average Bonchev–Trinajstić information content (AvgIpc) is 2.41. The SMILES string of the molecule is CC(N)C1CCN(C(=O)Nc2ccc(F)cc2)CC1. The fourth-order valence-electron chi connectivity index (χ4n) is 2.36. The van der Waals surface area contributed by atoms with Gasteiger partial charge in [0.2, 0.25) is 0 Å². The molecule has 2 rings (SSSR count). The number of carbonyl (C=O) groups excluding carboxylic acids is 1. The van der Waals surface area contributed by atoms with Crippen molar-refractivity contribution in [3.63, 3.8) is 0 Å². The van der Waals surface area contributed by atoms with Gasteiger partial charge in [-0.1, -0.05) is 0 Å². The third kappa shape index (κ3) is 3.67. The van der Waals surface area contributed by atoms with Crippen molar-refractivity contribution in [3.05, 3.63) is 30.1 Å². The van der Waals surface area contributed by atoms with E-state index in [1.165, 1.54) is 12.1 Å². The Bertz CT molecular complexity index is 425. The van der Waals surface area contributed by atoms with Crippen molar-refractivity contribution in [2.45, 2.75) is 25.8 Å². The van der Waals surface area contributed by atoms with Crippen molar-refractivity contribution in [3.8, 4) is 0 Å². The van der Waals surface area contributed by atoms with E-state index >= 15 is 0 Å². The van der Waals surface area contributed by atoms with Crippen LogP contribution in [0.3, 0.4) is 0 Å². The highest BCUT2D eigenvalue weighted by molar-refractivity contribution is 5.89. The summed E-state index contributed by atoms with van der Waals surface area (Å²) in [6.07, 6.45) is 1.88. The van der Waals surface area contributed by atoms with Crippen molar-refractivity contribution in [1.29, 1.82) is 0 Å². The Morgan fingerprint density at radius 1 is 1.37 bits per heavy atom. The van der Waals surface area contributed by atoms with Crippen LogP contribution in [-0.2, 0) is 0 Å². The lowest BCUT2D eigenvalue weighted by Gasteiger charge is -2.33. The molecule has 0 aliphatic carbocycles. The molecule has 1 aliphatic rings. The molecular formula is C14H20FN3O. The van der Waals surface area contributed by atoms with Gasteiger partial charge in [0.05, 0.1) is 0 Å². The van der Waals surface area contributed by atoms with Crippen LogP contribution in [0.25, 0.3) is 0 Å². The van der Waals surface area contributed by atoms with E-state index in [4.69, 9.17) is 5.73 Å². The van der Waals surface area contributed by atoms with Gasteiger partial charge in [0, 0.05) is 24.8 Å². The van der Waals surface area contributed by atoms with E-state index in [9.17, 15) is 9.18 Å². The first-order valence-electron chi connectivity index (χ1n) is 6.63. The summed E-state index contributed by atoms with van der Waals surface area (Å²) >= 11 is 0. The summed E-state index contributed by atoms with van der Waals surface area (Å²) in [5.41, 5.74) is 6.48. The minimum atomic E-state index is -0.309. The molecule has 1 aromatic carbocycles. The average molecular weight is 265 g/mol. The molecule has 1 atom stereocenters. The Kier molecular flexibility index (Phi) is 4.37. The number of anilines is 1. The lowest BCUT2D eigenvalue weighted by atomic mass is 9.91. The van der Waals surface area contributed by atoms with Crippen LogP contribution < -0.4 is 11.1 Å². The topological polar surface area (TPSA) is 58.4 Å². The van der Waals surface area contributed by atoms with Gasteiger partial charge in [-0.2, -0.15) is 0 Å². The van der Waals surface area contributed by atoms with Gasteiger partial charge in [-0.25, -0.2) is 9.18 Å². The Labute approximate surface area is 112 Å². The molecule has 4 nitrogen and oxygen atoms in total. The number of urea groups is 1. The number of likely N-dealkylation sites (tertiary alicyclic amines) is 1. The lowest BCUT2D eigenvalue weighted by molar-refractivity contribution is 0.176. The molecular weight excluding hydrogens is 245 g/mol. The molecule has 0 saturated carbocycles. The molecule has 1 aromatic rings. The van der Waals surface area contributed by atoms with Gasteiger partial charge in [0.25, 0.3) is 0 Å². The third-order valence-electron chi connectivity index (χ3n) is 3.67. The number of hydrogen-bond donors (Lipinski definition) is 2. The first kappa shape index (κ1) is 13.8. The van der Waals surface area contributed by atoms with Crippen LogP contribution in [-0.4, -0.2) is 30.1 Å². The summed E-state index contributed by atoms with van der Waals surface area (Å²) in [7, 11) is 0. The van der Waals surface area contributed by atoms with Gasteiger partial charge in [0.15, 0.2) is 0 Å². The summed E-state index contributed by atoms with van der Waals surface area (Å²) in [5, 5.41) is 2.77. The standard InChI is InChI=1S/C14H20FN3O/c1-10(16)11-6-8-18(9-7-11)14(19)17-13-4-2-12(15)3-5-13/h2-5,10-11H,6-9,16H2,1H3,(H,17,19). The molecule has 1 fully saturated rings. The zero-order chi connectivity index (χ0) is 13.8. The van der Waals surface area contributed by atoms with Crippen LogP contribution in [0, 0.1) is 11.7 Å². The maximum atomic E-state index is 12.8. The fraction of sp³-hybridized carbons (Fsp3) is 0.500. The molecule has 1 heterocycles. The molecule has 5 heteroatoms. The maximum Gasteiger partial charge on any atom is 0.321 e. The van der Waals surface area contributed by atoms with E-state index in [-0.39, 0.29) is 17.9 Å². The van der Waals surface area contributed by atoms with Crippen molar-refractivity contribution in [2.24, 2.45) is 11.7 Å². The second-order valence-electron chi connectivity index (χ2n) is 5.12. The predicted molar refractivity (Wildman–Crippen MR) is 73.4 cm³/mol. The molecule has 0 bridgehead atoms. The smallest absolute Gasteiger partial charge is 0.321 e. The monoisotopic (exact) mass is 265 g/mol. The highest BCUT2D eigenvalue weighted by Gasteiger charge is 2.24. The first-order valence-corrected chi connectivity index (χ1v) is 6.63. The summed E-state index contributed by atoms with van der Waals surface area (Å²) < 4.78 is 12.8. The molecule has 0 aromatic heterocycles. The van der Waals surface area contributed by atoms with E-state index in [0.29, 0.717) is 11.6 Å². The molecule has 1 aliphatic heterocycles. The number of halogens is 1. The molecule has 0 spiro atoms. The van der Waals surface area contributed by atoms with E-state index in [0.717, 1.165) is 25.9 Å². The van der Waals surface area contributed by atoms with Crippen molar-refractivity contribution < 1.29 is 9.18 Å². The maximum absolute atomic E-state index is 12.8. The molecule has 3 N–H and O–H groups in total. The molecule has 2 amide bonds. The van der Waals surface area contributed by atoms with Gasteiger partial charge in [-0.15, -0.1) is 0 Å². The zero-order valence-corrected chi connectivity index (χ0v) is 11.1. The quantitative estimate of drug-likeness (QED) is 0.862. The van der Waals surface area contributed by atoms with Crippen LogP contribution in [0.2, 0.25) is 0 Å². The minimum Gasteiger partial charge on any atom is -0.328 e. The van der Waals surface area contributed by atoms with Gasteiger partial charge in [-0.3, -0.25) is 0 Å². The molecule has 104 valence electrons.